The van der Waals surface area contributed by atoms with Gasteiger partial charge in [0.2, 0.25) is 0 Å². The number of thioether (sulfide) groups is 1. The first-order chi connectivity index (χ1) is 23.5. The molecule has 1 atom stereocenters. The molecular formula is C35H34N6O5S2. The molecule has 3 aromatic carbocycles. The Bertz CT molecular complexity index is 1890. The van der Waals surface area contributed by atoms with Crippen molar-refractivity contribution in [2.24, 2.45) is 5.10 Å². The summed E-state index contributed by atoms with van der Waals surface area (Å²) in [5.41, 5.74) is 2.94. The van der Waals surface area contributed by atoms with Gasteiger partial charge < -0.3 is 19.5 Å². The number of methoxy groups -OCH3 is 2. The molecule has 246 valence electrons. The van der Waals surface area contributed by atoms with Gasteiger partial charge in [0.05, 0.1) is 49.8 Å². The third-order valence-electron chi connectivity index (χ3n) is 7.64. The van der Waals surface area contributed by atoms with Crippen LogP contribution in [0, 0.1) is 0 Å². The van der Waals surface area contributed by atoms with Crippen molar-refractivity contribution in [3.8, 4) is 22.9 Å². The number of hydrogen-bond donors (Lipinski definition) is 1. The third-order valence-corrected chi connectivity index (χ3v) is 9.47. The minimum atomic E-state index is -0.395. The van der Waals surface area contributed by atoms with Crippen LogP contribution in [0.1, 0.15) is 46.0 Å². The van der Waals surface area contributed by atoms with Crippen molar-refractivity contribution in [2.75, 3.05) is 26.6 Å². The van der Waals surface area contributed by atoms with Crippen molar-refractivity contribution < 1.29 is 23.8 Å². The van der Waals surface area contributed by atoms with Gasteiger partial charge in [-0.2, -0.15) is 5.10 Å². The molecule has 0 saturated carbocycles. The number of hydrogen-bond acceptors (Lipinski definition) is 10. The Morgan fingerprint density at radius 2 is 1.77 bits per heavy atom. The largest absolute Gasteiger partial charge is 0.494 e. The van der Waals surface area contributed by atoms with Crippen LogP contribution < -0.4 is 19.5 Å². The molecule has 1 aliphatic rings. The summed E-state index contributed by atoms with van der Waals surface area (Å²) >= 11 is 2.83. The van der Waals surface area contributed by atoms with E-state index in [0.29, 0.717) is 41.1 Å². The SMILES string of the molecule is CCOc1ccc(-n2c(CNC(=O)c3ccccc3)nnc2SCC(=O)N2N=C(c3cccs3)C[C@H]2c2cccc(OC)c2OC)cc1. The molecule has 1 aliphatic heterocycles. The minimum Gasteiger partial charge on any atom is -0.494 e. The van der Waals surface area contributed by atoms with E-state index in [0.717, 1.165) is 27.6 Å². The molecule has 48 heavy (non-hydrogen) atoms. The second kappa shape index (κ2) is 15.2. The number of amides is 2. The van der Waals surface area contributed by atoms with Crippen LogP contribution in [0.25, 0.3) is 5.69 Å². The Kier molecular flexibility index (Phi) is 10.4. The van der Waals surface area contributed by atoms with Crippen molar-refractivity contribution in [3.63, 3.8) is 0 Å². The molecule has 0 unspecified atom stereocenters. The van der Waals surface area contributed by atoms with Crippen molar-refractivity contribution in [1.29, 1.82) is 0 Å². The number of nitrogens with one attached hydrogen (secondary N) is 1. The monoisotopic (exact) mass is 682 g/mol. The molecule has 0 spiro atoms. The van der Waals surface area contributed by atoms with Gasteiger partial charge in [-0.25, -0.2) is 5.01 Å². The van der Waals surface area contributed by atoms with Crippen LogP contribution in [-0.4, -0.2) is 63.9 Å². The summed E-state index contributed by atoms with van der Waals surface area (Å²) in [5, 5.41) is 20.6. The zero-order valence-corrected chi connectivity index (χ0v) is 28.3. The van der Waals surface area contributed by atoms with E-state index < -0.39 is 6.04 Å². The van der Waals surface area contributed by atoms with Crippen molar-refractivity contribution in [1.82, 2.24) is 25.1 Å². The van der Waals surface area contributed by atoms with E-state index in [1.807, 2.05) is 89.7 Å². The second-order valence-electron chi connectivity index (χ2n) is 10.6. The van der Waals surface area contributed by atoms with Crippen molar-refractivity contribution >= 4 is 40.6 Å². The Hall–Kier alpha value is -5.14. The van der Waals surface area contributed by atoms with Gasteiger partial charge >= 0.3 is 0 Å². The molecule has 0 aliphatic carbocycles. The molecule has 1 N–H and O–H groups in total. The molecule has 0 fully saturated rings. The predicted octanol–water partition coefficient (Wildman–Crippen LogP) is 6.14. The summed E-state index contributed by atoms with van der Waals surface area (Å²) in [6.07, 6.45) is 0.522. The van der Waals surface area contributed by atoms with E-state index >= 15 is 0 Å². The Balaban J connectivity index is 1.27. The van der Waals surface area contributed by atoms with Crippen LogP contribution in [0.3, 0.4) is 0 Å². The molecule has 0 radical (unpaired) electrons. The van der Waals surface area contributed by atoms with E-state index in [9.17, 15) is 9.59 Å². The maximum Gasteiger partial charge on any atom is 0.253 e. The molecule has 6 rings (SSSR count). The molecule has 0 saturated heterocycles. The van der Waals surface area contributed by atoms with E-state index in [4.69, 9.17) is 19.3 Å². The first-order valence-corrected chi connectivity index (χ1v) is 17.1. The zero-order chi connectivity index (χ0) is 33.5. The molecule has 2 aromatic heterocycles. The highest BCUT2D eigenvalue weighted by molar-refractivity contribution is 7.99. The van der Waals surface area contributed by atoms with Crippen LogP contribution in [0.5, 0.6) is 17.2 Å². The van der Waals surface area contributed by atoms with Gasteiger partial charge in [0.1, 0.15) is 5.75 Å². The van der Waals surface area contributed by atoms with Gasteiger partial charge in [0, 0.05) is 23.2 Å². The maximum atomic E-state index is 14.0. The van der Waals surface area contributed by atoms with Gasteiger partial charge in [-0.05, 0) is 60.8 Å². The molecule has 3 heterocycles. The fraction of sp³-hybridized carbons (Fsp3) is 0.229. The smallest absolute Gasteiger partial charge is 0.253 e. The lowest BCUT2D eigenvalue weighted by Gasteiger charge is -2.24. The number of hydrazone groups is 1. The van der Waals surface area contributed by atoms with Gasteiger partial charge in [0.25, 0.3) is 11.8 Å². The average molecular weight is 683 g/mol. The molecule has 13 heteroatoms. The fourth-order valence-electron chi connectivity index (χ4n) is 5.42. The highest BCUT2D eigenvalue weighted by atomic mass is 32.2. The van der Waals surface area contributed by atoms with Gasteiger partial charge in [-0.15, -0.1) is 21.5 Å². The normalized spacial score (nSPS) is 14.0. The molecule has 5 aromatic rings. The number of nitrogens with zero attached hydrogens (tertiary/aromatic N) is 5. The van der Waals surface area contributed by atoms with Gasteiger partial charge in [-0.3, -0.25) is 14.2 Å². The number of aromatic nitrogens is 3. The lowest BCUT2D eigenvalue weighted by atomic mass is 9.99. The molecular weight excluding hydrogens is 649 g/mol. The van der Waals surface area contributed by atoms with E-state index in [-0.39, 0.29) is 24.1 Å². The van der Waals surface area contributed by atoms with Crippen LogP contribution in [-0.2, 0) is 11.3 Å². The number of thiophene rings is 1. The summed E-state index contributed by atoms with van der Waals surface area (Å²) in [6, 6.07) is 25.7. The topological polar surface area (TPSA) is 120 Å². The number of para-hydroxylation sites is 1. The standard InChI is InChI=1S/C35H34N6O5S2/c1-4-46-25-17-15-24(16-18-25)40-31(21-36-34(43)23-10-6-5-7-11-23)37-38-35(40)48-22-32(42)41-28(20-27(39-41)30-14-9-19-47-30)26-12-8-13-29(44-2)33(26)45-3/h5-19,28H,4,20-22H2,1-3H3,(H,36,43)/t28-/m0/s1. The average Bonchev–Trinajstić information content (AvgIpc) is 3.90. The van der Waals surface area contributed by atoms with Crippen LogP contribution in [0.15, 0.2) is 101 Å². The second-order valence-corrected chi connectivity index (χ2v) is 12.5. The number of carbonyl (C=O) groups is 2. The highest BCUT2D eigenvalue weighted by Gasteiger charge is 2.36. The van der Waals surface area contributed by atoms with Gasteiger partial charge in [-0.1, -0.05) is 48.2 Å². The molecule has 0 bridgehead atoms. The minimum absolute atomic E-state index is 0.0372. The zero-order valence-electron chi connectivity index (χ0n) is 26.7. The number of rotatable bonds is 13. The lowest BCUT2D eigenvalue weighted by molar-refractivity contribution is -0.130. The van der Waals surface area contributed by atoms with E-state index in [1.165, 1.54) is 16.8 Å². The first kappa shape index (κ1) is 32.8. The lowest BCUT2D eigenvalue weighted by Crippen LogP contribution is -2.29. The van der Waals surface area contributed by atoms with E-state index in [2.05, 4.69) is 15.5 Å². The maximum absolute atomic E-state index is 14.0. The van der Waals surface area contributed by atoms with Crippen LogP contribution in [0.2, 0.25) is 0 Å². The van der Waals surface area contributed by atoms with Crippen molar-refractivity contribution in [2.45, 2.75) is 31.1 Å². The summed E-state index contributed by atoms with van der Waals surface area (Å²) < 4.78 is 18.8. The molecule has 2 amide bonds. The van der Waals surface area contributed by atoms with Gasteiger partial charge in [0.15, 0.2) is 22.5 Å². The summed E-state index contributed by atoms with van der Waals surface area (Å²) in [4.78, 5) is 27.8. The quantitative estimate of drug-likeness (QED) is 0.147. The Labute approximate surface area is 286 Å². The van der Waals surface area contributed by atoms with Crippen LogP contribution >= 0.6 is 23.1 Å². The Morgan fingerprint density at radius 3 is 2.48 bits per heavy atom. The van der Waals surface area contributed by atoms with E-state index in [1.54, 1.807) is 37.7 Å². The molecule has 11 nitrogen and oxygen atoms in total. The summed E-state index contributed by atoms with van der Waals surface area (Å²) in [6.45, 7) is 2.60. The number of carbonyl (C=O) groups excluding carboxylic acids is 2. The third kappa shape index (κ3) is 7.06. The summed E-state index contributed by atoms with van der Waals surface area (Å²) in [7, 11) is 3.18. The number of benzene rings is 3. The Morgan fingerprint density at radius 1 is 0.958 bits per heavy atom. The predicted molar refractivity (Wildman–Crippen MR) is 185 cm³/mol. The first-order valence-electron chi connectivity index (χ1n) is 15.3. The fourth-order valence-corrected chi connectivity index (χ4v) is 6.96. The van der Waals surface area contributed by atoms with Crippen molar-refractivity contribution in [3.05, 3.63) is 112 Å². The summed E-state index contributed by atoms with van der Waals surface area (Å²) in [5.74, 6) is 1.99. The highest BCUT2D eigenvalue weighted by Crippen LogP contribution is 2.42. The number of ether oxygens (including phenoxy) is 3. The van der Waals surface area contributed by atoms with Crippen LogP contribution in [0.4, 0.5) is 0 Å².